The summed E-state index contributed by atoms with van der Waals surface area (Å²) >= 11 is 1.67. The van der Waals surface area contributed by atoms with Crippen LogP contribution in [0.4, 0.5) is 17.1 Å². The maximum atomic E-state index is 13.4. The predicted octanol–water partition coefficient (Wildman–Crippen LogP) is 5.94. The lowest BCUT2D eigenvalue weighted by Gasteiger charge is -2.29. The molecule has 2 atom stereocenters. The van der Waals surface area contributed by atoms with Gasteiger partial charge in [0.05, 0.1) is 22.3 Å². The van der Waals surface area contributed by atoms with Gasteiger partial charge in [0.25, 0.3) is 5.69 Å². The molecule has 31 heavy (non-hydrogen) atoms. The molecule has 0 fully saturated rings. The number of carbonyl (C=O) groups excluding carboxylic acids is 1. The third-order valence-corrected chi connectivity index (χ3v) is 7.05. The van der Waals surface area contributed by atoms with E-state index in [1.165, 1.54) is 4.88 Å². The maximum Gasteiger partial charge on any atom is 0.272 e. The number of rotatable bonds is 3. The fourth-order valence-corrected chi connectivity index (χ4v) is 5.30. The van der Waals surface area contributed by atoms with Crippen LogP contribution in [0.1, 0.15) is 40.8 Å². The summed E-state index contributed by atoms with van der Waals surface area (Å²) in [6, 6.07) is 16.7. The highest BCUT2D eigenvalue weighted by Gasteiger charge is 2.36. The van der Waals surface area contributed by atoms with Gasteiger partial charge < -0.3 is 10.6 Å². The third-order valence-electron chi connectivity index (χ3n) is 6.02. The Balaban J connectivity index is 1.64. The molecule has 0 amide bonds. The zero-order valence-electron chi connectivity index (χ0n) is 16.9. The fraction of sp³-hybridized carbons (Fsp3) is 0.208. The molecule has 0 saturated carbocycles. The Morgan fingerprint density at radius 1 is 1.06 bits per heavy atom. The summed E-state index contributed by atoms with van der Waals surface area (Å²) in [6.45, 7) is 1.72. The van der Waals surface area contributed by atoms with E-state index in [1.54, 1.807) is 30.4 Å². The van der Waals surface area contributed by atoms with Crippen molar-refractivity contribution in [2.24, 2.45) is 0 Å². The van der Waals surface area contributed by atoms with E-state index < -0.39 is 6.04 Å². The number of ketones is 1. The molecule has 2 heterocycles. The van der Waals surface area contributed by atoms with E-state index in [2.05, 4.69) is 16.7 Å². The molecule has 6 nitrogen and oxygen atoms in total. The minimum atomic E-state index is -0.456. The van der Waals surface area contributed by atoms with Crippen LogP contribution in [-0.4, -0.2) is 10.7 Å². The molecule has 0 bridgehead atoms. The van der Waals surface area contributed by atoms with E-state index >= 15 is 0 Å². The second kappa shape index (κ2) is 7.67. The Labute approximate surface area is 183 Å². The van der Waals surface area contributed by atoms with E-state index in [9.17, 15) is 14.9 Å². The van der Waals surface area contributed by atoms with Crippen LogP contribution in [0, 0.1) is 17.0 Å². The van der Waals surface area contributed by atoms with Crippen molar-refractivity contribution in [1.82, 2.24) is 0 Å². The van der Waals surface area contributed by atoms with E-state index in [-0.39, 0.29) is 22.3 Å². The molecule has 1 aliphatic carbocycles. The van der Waals surface area contributed by atoms with Crippen molar-refractivity contribution in [3.63, 3.8) is 0 Å². The lowest BCUT2D eigenvalue weighted by atomic mass is 9.80. The first-order valence-corrected chi connectivity index (χ1v) is 11.1. The van der Waals surface area contributed by atoms with Gasteiger partial charge in [0, 0.05) is 40.1 Å². The highest BCUT2D eigenvalue weighted by molar-refractivity contribution is 7.10. The molecule has 3 aromatic rings. The average Bonchev–Trinajstić information content (AvgIpc) is 3.23. The van der Waals surface area contributed by atoms with Crippen LogP contribution < -0.4 is 10.6 Å². The van der Waals surface area contributed by atoms with Crippen molar-refractivity contribution in [3.05, 3.63) is 97.4 Å². The van der Waals surface area contributed by atoms with Crippen LogP contribution >= 0.6 is 11.3 Å². The first kappa shape index (κ1) is 19.5. The smallest absolute Gasteiger partial charge is 0.272 e. The second-order valence-corrected chi connectivity index (χ2v) is 8.97. The summed E-state index contributed by atoms with van der Waals surface area (Å²) in [5.41, 5.74) is 4.70. The number of Topliss-reactive ketones (excluding diaryl/α,β-unsaturated/α-hetero) is 1. The Morgan fingerprint density at radius 2 is 1.87 bits per heavy atom. The van der Waals surface area contributed by atoms with Crippen molar-refractivity contribution in [2.75, 3.05) is 10.6 Å². The Kier molecular flexibility index (Phi) is 4.82. The molecule has 2 N–H and O–H groups in total. The van der Waals surface area contributed by atoms with Crippen molar-refractivity contribution >= 4 is 34.2 Å². The van der Waals surface area contributed by atoms with Crippen molar-refractivity contribution < 1.29 is 9.72 Å². The van der Waals surface area contributed by atoms with Crippen LogP contribution in [0.2, 0.25) is 0 Å². The van der Waals surface area contributed by atoms with E-state index in [0.29, 0.717) is 23.1 Å². The fourth-order valence-electron chi connectivity index (χ4n) is 4.47. The van der Waals surface area contributed by atoms with Gasteiger partial charge in [0.2, 0.25) is 0 Å². The van der Waals surface area contributed by atoms with E-state index in [4.69, 9.17) is 0 Å². The number of anilines is 2. The number of hydrogen-bond donors (Lipinski definition) is 2. The number of nitrogens with one attached hydrogen (secondary N) is 2. The number of para-hydroxylation sites is 2. The van der Waals surface area contributed by atoms with Gasteiger partial charge in [-0.3, -0.25) is 14.9 Å². The molecular weight excluding hydrogens is 410 g/mol. The monoisotopic (exact) mass is 431 g/mol. The normalized spacial score (nSPS) is 20.2. The summed E-state index contributed by atoms with van der Waals surface area (Å²) in [5, 5.41) is 20.6. The van der Waals surface area contributed by atoms with Gasteiger partial charge in [-0.25, -0.2) is 0 Å². The van der Waals surface area contributed by atoms with Crippen LogP contribution in [0.3, 0.4) is 0 Å². The number of benzene rings is 2. The first-order chi connectivity index (χ1) is 15.0. The SMILES string of the molecule is Cc1ccc(C2Nc3ccccc3NC3=C2C(=O)CC(c2cccs2)C3)cc1[N+](=O)[O-]. The quantitative estimate of drug-likeness (QED) is 0.396. The Hall–Kier alpha value is -3.45. The standard InChI is InChI=1S/C24H21N3O3S/c1-14-8-9-15(12-20(14)27(29)30)24-23-19(25-17-5-2-3-6-18(17)26-24)11-16(13-21(23)28)22-7-4-10-31-22/h2-10,12,16,24-26H,11,13H2,1H3. The number of allylic oxidation sites excluding steroid dienone is 1. The van der Waals surface area contributed by atoms with E-state index in [1.807, 2.05) is 41.8 Å². The number of nitro groups is 1. The molecule has 0 radical (unpaired) electrons. The highest BCUT2D eigenvalue weighted by Crippen LogP contribution is 2.45. The Morgan fingerprint density at radius 3 is 2.61 bits per heavy atom. The Bertz CT molecular complexity index is 1220. The molecule has 1 aromatic heterocycles. The molecule has 5 rings (SSSR count). The molecule has 7 heteroatoms. The predicted molar refractivity (Wildman–Crippen MR) is 123 cm³/mol. The lowest BCUT2D eigenvalue weighted by molar-refractivity contribution is -0.385. The summed E-state index contributed by atoms with van der Waals surface area (Å²) < 4.78 is 0. The van der Waals surface area contributed by atoms with Gasteiger partial charge in [-0.05, 0) is 42.5 Å². The number of fused-ring (bicyclic) bond motifs is 1. The molecule has 2 unspecified atom stereocenters. The van der Waals surface area contributed by atoms with Gasteiger partial charge in [-0.15, -0.1) is 11.3 Å². The second-order valence-electron chi connectivity index (χ2n) is 7.99. The van der Waals surface area contributed by atoms with Gasteiger partial charge in [0.15, 0.2) is 5.78 Å². The topological polar surface area (TPSA) is 84.3 Å². The largest absolute Gasteiger partial charge is 0.372 e. The minimum Gasteiger partial charge on any atom is -0.372 e. The van der Waals surface area contributed by atoms with Gasteiger partial charge in [0.1, 0.15) is 0 Å². The van der Waals surface area contributed by atoms with Crippen molar-refractivity contribution in [3.8, 4) is 0 Å². The summed E-state index contributed by atoms with van der Waals surface area (Å²) in [4.78, 5) is 25.8. The summed E-state index contributed by atoms with van der Waals surface area (Å²) in [6.07, 6.45) is 1.16. The van der Waals surface area contributed by atoms with Crippen LogP contribution in [-0.2, 0) is 4.79 Å². The number of hydrogen-bond acceptors (Lipinski definition) is 6. The molecule has 156 valence electrons. The van der Waals surface area contributed by atoms with Crippen molar-refractivity contribution in [1.29, 1.82) is 0 Å². The lowest BCUT2D eigenvalue weighted by Crippen LogP contribution is -2.26. The van der Waals surface area contributed by atoms with Crippen LogP contribution in [0.5, 0.6) is 0 Å². The molecule has 1 aliphatic heterocycles. The average molecular weight is 432 g/mol. The third kappa shape index (κ3) is 3.51. The van der Waals surface area contributed by atoms with Gasteiger partial charge in [-0.2, -0.15) is 0 Å². The van der Waals surface area contributed by atoms with Crippen molar-refractivity contribution in [2.45, 2.75) is 31.7 Å². The molecule has 2 aromatic carbocycles. The number of carbonyl (C=O) groups is 1. The summed E-state index contributed by atoms with van der Waals surface area (Å²) in [7, 11) is 0. The van der Waals surface area contributed by atoms with Gasteiger partial charge >= 0.3 is 0 Å². The van der Waals surface area contributed by atoms with Gasteiger partial charge in [-0.1, -0.05) is 30.3 Å². The van der Waals surface area contributed by atoms with Crippen LogP contribution in [0.25, 0.3) is 0 Å². The number of nitro benzene ring substituents is 1. The summed E-state index contributed by atoms with van der Waals surface area (Å²) in [5.74, 6) is 0.206. The zero-order valence-corrected chi connectivity index (χ0v) is 17.7. The maximum absolute atomic E-state index is 13.4. The zero-order chi connectivity index (χ0) is 21.5. The molecule has 2 aliphatic rings. The molecule has 0 saturated heterocycles. The van der Waals surface area contributed by atoms with E-state index in [0.717, 1.165) is 23.5 Å². The number of aryl methyl sites for hydroxylation is 1. The molecule has 0 spiro atoms. The minimum absolute atomic E-state index is 0.0617. The van der Waals surface area contributed by atoms with Crippen LogP contribution in [0.15, 0.2) is 71.2 Å². The number of thiophene rings is 1. The molecular formula is C24H21N3O3S. The highest BCUT2D eigenvalue weighted by atomic mass is 32.1. The first-order valence-electron chi connectivity index (χ1n) is 10.2. The number of nitrogens with zero attached hydrogens (tertiary/aromatic N) is 1.